The van der Waals surface area contributed by atoms with E-state index in [4.69, 9.17) is 0 Å². The Morgan fingerprint density at radius 1 is 1.22 bits per heavy atom. The van der Waals surface area contributed by atoms with Gasteiger partial charge in [-0.1, -0.05) is 6.08 Å². The van der Waals surface area contributed by atoms with Crippen molar-refractivity contribution in [3.05, 3.63) is 27.5 Å². The fourth-order valence-corrected chi connectivity index (χ4v) is 4.56. The number of thiophene rings is 1. The molecule has 0 spiro atoms. The molecule has 1 unspecified atom stereocenters. The highest BCUT2D eigenvalue weighted by Gasteiger charge is 2.40. The van der Waals surface area contributed by atoms with Gasteiger partial charge in [0.05, 0.1) is 12.1 Å². The first kappa shape index (κ1) is 14.6. The molecular formula is C16H17N3O3S. The van der Waals surface area contributed by atoms with Gasteiger partial charge in [0.1, 0.15) is 6.04 Å². The molecule has 0 aromatic carbocycles. The van der Waals surface area contributed by atoms with E-state index in [0.717, 1.165) is 29.3 Å². The summed E-state index contributed by atoms with van der Waals surface area (Å²) in [5.41, 5.74) is 2.01. The lowest BCUT2D eigenvalue weighted by atomic mass is 10.0. The molecule has 4 rings (SSSR count). The van der Waals surface area contributed by atoms with Crippen molar-refractivity contribution in [2.24, 2.45) is 0 Å². The summed E-state index contributed by atoms with van der Waals surface area (Å²) >= 11 is 1.64. The molecule has 2 N–H and O–H groups in total. The van der Waals surface area contributed by atoms with Crippen molar-refractivity contribution in [2.45, 2.75) is 31.8 Å². The number of carbonyl (C=O) groups excluding carboxylic acids is 3. The highest BCUT2D eigenvalue weighted by Crippen LogP contribution is 2.37. The number of hydrogen-bond donors (Lipinski definition) is 2. The maximum atomic E-state index is 12.7. The Kier molecular flexibility index (Phi) is 3.54. The van der Waals surface area contributed by atoms with Crippen molar-refractivity contribution in [3.8, 4) is 0 Å². The Bertz CT molecular complexity index is 737. The largest absolute Gasteiger partial charge is 0.321 e. The van der Waals surface area contributed by atoms with E-state index in [1.807, 2.05) is 6.07 Å². The number of nitrogens with one attached hydrogen (secondary N) is 2. The van der Waals surface area contributed by atoms with Crippen LogP contribution in [0, 0.1) is 0 Å². The second kappa shape index (κ2) is 5.58. The Hall–Kier alpha value is -1.99. The van der Waals surface area contributed by atoms with Gasteiger partial charge >= 0.3 is 0 Å². The van der Waals surface area contributed by atoms with Crippen LogP contribution in [-0.4, -0.2) is 41.8 Å². The molecule has 0 bridgehead atoms. The maximum Gasteiger partial charge on any atom is 0.256 e. The van der Waals surface area contributed by atoms with Crippen LogP contribution in [-0.2, 0) is 16.1 Å². The summed E-state index contributed by atoms with van der Waals surface area (Å²) < 4.78 is 0. The average molecular weight is 331 g/mol. The quantitative estimate of drug-likeness (QED) is 0.789. The minimum atomic E-state index is -0.527. The predicted octanol–water partition coefficient (Wildman–Crippen LogP) is 0.886. The van der Waals surface area contributed by atoms with Crippen LogP contribution in [0.2, 0.25) is 0 Å². The van der Waals surface area contributed by atoms with Crippen molar-refractivity contribution >= 4 is 34.6 Å². The summed E-state index contributed by atoms with van der Waals surface area (Å²) in [5, 5.41) is 5.61. The molecule has 7 heteroatoms. The van der Waals surface area contributed by atoms with Gasteiger partial charge in [0.15, 0.2) is 0 Å². The summed E-state index contributed by atoms with van der Waals surface area (Å²) in [6.07, 6.45) is 3.85. The number of piperidine rings is 1. The number of fused-ring (bicyclic) bond motifs is 1. The van der Waals surface area contributed by atoms with E-state index in [1.54, 1.807) is 16.2 Å². The number of hydrogen-bond acceptors (Lipinski definition) is 5. The lowest BCUT2D eigenvalue weighted by molar-refractivity contribution is -0.136. The van der Waals surface area contributed by atoms with Crippen LogP contribution in [0.1, 0.15) is 39.4 Å². The van der Waals surface area contributed by atoms with Gasteiger partial charge in [-0.05, 0) is 31.0 Å². The monoisotopic (exact) mass is 331 g/mol. The van der Waals surface area contributed by atoms with Crippen molar-refractivity contribution < 1.29 is 14.4 Å². The fourth-order valence-electron chi connectivity index (χ4n) is 3.34. The van der Waals surface area contributed by atoms with Crippen molar-refractivity contribution in [3.63, 3.8) is 0 Å². The molecule has 3 amide bonds. The number of amides is 3. The topological polar surface area (TPSA) is 78.5 Å². The third kappa shape index (κ3) is 2.49. The van der Waals surface area contributed by atoms with Crippen LogP contribution in [0.3, 0.4) is 0 Å². The second-order valence-electron chi connectivity index (χ2n) is 6.03. The lowest BCUT2D eigenvalue weighted by Crippen LogP contribution is -2.52. The van der Waals surface area contributed by atoms with Crippen molar-refractivity contribution in [1.82, 2.24) is 15.5 Å². The molecule has 1 saturated heterocycles. The lowest BCUT2D eigenvalue weighted by Gasteiger charge is -2.29. The summed E-state index contributed by atoms with van der Waals surface area (Å²) in [6.45, 7) is 2.30. The Morgan fingerprint density at radius 2 is 2.09 bits per heavy atom. The minimum Gasteiger partial charge on any atom is -0.321 e. The molecule has 1 fully saturated rings. The molecule has 1 atom stereocenters. The van der Waals surface area contributed by atoms with Crippen molar-refractivity contribution in [1.29, 1.82) is 0 Å². The first-order chi connectivity index (χ1) is 11.1. The van der Waals surface area contributed by atoms with Crippen LogP contribution in [0.25, 0.3) is 5.57 Å². The van der Waals surface area contributed by atoms with Crippen molar-refractivity contribution in [2.75, 3.05) is 13.1 Å². The zero-order valence-electron chi connectivity index (χ0n) is 12.6. The third-order valence-electron chi connectivity index (χ3n) is 4.58. The van der Waals surface area contributed by atoms with Crippen LogP contribution in [0.4, 0.5) is 0 Å². The first-order valence-electron chi connectivity index (χ1n) is 7.81. The van der Waals surface area contributed by atoms with Gasteiger partial charge in [0.25, 0.3) is 5.91 Å². The van der Waals surface area contributed by atoms with Gasteiger partial charge in [-0.2, -0.15) is 0 Å². The molecule has 4 heterocycles. The highest BCUT2D eigenvalue weighted by atomic mass is 32.1. The van der Waals surface area contributed by atoms with Crippen LogP contribution < -0.4 is 10.6 Å². The molecule has 1 aromatic rings. The number of nitrogens with zero attached hydrogens (tertiary/aromatic N) is 1. The first-order valence-corrected chi connectivity index (χ1v) is 8.62. The van der Waals surface area contributed by atoms with Gasteiger partial charge in [-0.15, -0.1) is 11.3 Å². The molecule has 1 aromatic heterocycles. The van der Waals surface area contributed by atoms with E-state index in [2.05, 4.69) is 16.7 Å². The molecular weight excluding hydrogens is 314 g/mol. The molecule has 120 valence electrons. The molecule has 3 aliphatic rings. The number of carbonyl (C=O) groups is 3. The number of imide groups is 1. The van der Waals surface area contributed by atoms with Gasteiger partial charge in [-0.25, -0.2) is 0 Å². The molecule has 0 aliphatic carbocycles. The van der Waals surface area contributed by atoms with E-state index >= 15 is 0 Å². The van der Waals surface area contributed by atoms with Crippen LogP contribution in [0.15, 0.2) is 12.1 Å². The zero-order valence-corrected chi connectivity index (χ0v) is 13.4. The summed E-state index contributed by atoms with van der Waals surface area (Å²) in [4.78, 5) is 39.7. The van der Waals surface area contributed by atoms with E-state index < -0.39 is 6.04 Å². The summed E-state index contributed by atoms with van der Waals surface area (Å²) in [6, 6.07) is 1.44. The van der Waals surface area contributed by atoms with Gasteiger partial charge in [0.2, 0.25) is 11.8 Å². The number of rotatable bonds is 2. The van der Waals surface area contributed by atoms with Gasteiger partial charge < -0.3 is 10.2 Å². The third-order valence-corrected chi connectivity index (χ3v) is 5.78. The summed E-state index contributed by atoms with van der Waals surface area (Å²) in [7, 11) is 0. The summed E-state index contributed by atoms with van der Waals surface area (Å²) in [5.74, 6) is -0.703. The maximum absolute atomic E-state index is 12.7. The minimum absolute atomic E-state index is 0.0912. The normalized spacial score (nSPS) is 24.5. The van der Waals surface area contributed by atoms with E-state index in [-0.39, 0.29) is 17.7 Å². The molecule has 3 aliphatic heterocycles. The predicted molar refractivity (Wildman–Crippen MR) is 85.8 cm³/mol. The van der Waals surface area contributed by atoms with Gasteiger partial charge in [-0.3, -0.25) is 19.7 Å². The highest BCUT2D eigenvalue weighted by molar-refractivity contribution is 7.13. The molecule has 23 heavy (non-hydrogen) atoms. The Morgan fingerprint density at radius 3 is 2.78 bits per heavy atom. The van der Waals surface area contributed by atoms with Gasteiger partial charge in [0, 0.05) is 22.7 Å². The molecule has 0 saturated carbocycles. The average Bonchev–Trinajstić information content (AvgIpc) is 3.09. The van der Waals surface area contributed by atoms with E-state index in [0.29, 0.717) is 24.9 Å². The SMILES string of the molecule is O=C1CCC(N2Cc3sc(C4=CCNCC4)cc3C2=O)C(=O)N1. The van der Waals surface area contributed by atoms with Crippen LogP contribution >= 0.6 is 11.3 Å². The standard InChI is InChI=1S/C16H17N3O3S/c20-14-2-1-11(15(21)18-14)19-8-13-10(16(19)22)7-12(23-13)9-3-5-17-6-4-9/h3,7,11,17H,1-2,4-6,8H2,(H,18,20,21). The molecule has 0 radical (unpaired) electrons. The smallest absolute Gasteiger partial charge is 0.256 e. The zero-order chi connectivity index (χ0) is 16.0. The second-order valence-corrected chi connectivity index (χ2v) is 7.17. The van der Waals surface area contributed by atoms with Crippen LogP contribution in [0.5, 0.6) is 0 Å². The fraction of sp³-hybridized carbons (Fsp3) is 0.438. The Labute approximate surface area is 137 Å². The Balaban J connectivity index is 1.55. The van der Waals surface area contributed by atoms with E-state index in [9.17, 15) is 14.4 Å². The molecule has 6 nitrogen and oxygen atoms in total. The van der Waals surface area contributed by atoms with E-state index in [1.165, 1.54) is 5.57 Å².